The van der Waals surface area contributed by atoms with Crippen LogP contribution in [0.5, 0.6) is 5.75 Å². The van der Waals surface area contributed by atoms with E-state index in [1.54, 1.807) is 18.1 Å². The van der Waals surface area contributed by atoms with E-state index in [0.717, 1.165) is 22.2 Å². The van der Waals surface area contributed by atoms with Crippen molar-refractivity contribution >= 4 is 33.4 Å². The van der Waals surface area contributed by atoms with E-state index in [2.05, 4.69) is 28.1 Å². The van der Waals surface area contributed by atoms with E-state index >= 15 is 0 Å². The number of rotatable bonds is 5. The van der Waals surface area contributed by atoms with E-state index in [-0.39, 0.29) is 11.8 Å². The molecular formula is C19H19BrClNO2. The van der Waals surface area contributed by atoms with Crippen molar-refractivity contribution in [2.75, 3.05) is 14.2 Å². The molecule has 1 amide bonds. The Labute approximate surface area is 155 Å². The van der Waals surface area contributed by atoms with Gasteiger partial charge < -0.3 is 9.64 Å². The number of ether oxygens (including phenoxy) is 1. The highest BCUT2D eigenvalue weighted by atomic mass is 79.9. The fourth-order valence-corrected chi connectivity index (χ4v) is 3.49. The molecule has 0 bridgehead atoms. The number of hydrogen-bond acceptors (Lipinski definition) is 2. The molecule has 2 atom stereocenters. The number of carbonyl (C=O) groups is 1. The van der Waals surface area contributed by atoms with E-state index in [1.807, 2.05) is 31.3 Å². The zero-order valence-corrected chi connectivity index (χ0v) is 16.0. The molecule has 0 aromatic heterocycles. The van der Waals surface area contributed by atoms with E-state index in [9.17, 15) is 4.79 Å². The third-order valence-corrected chi connectivity index (χ3v) is 5.20. The van der Waals surface area contributed by atoms with Gasteiger partial charge in [-0.05, 0) is 48.2 Å². The first-order valence-corrected chi connectivity index (χ1v) is 8.99. The average molecular weight is 409 g/mol. The van der Waals surface area contributed by atoms with Gasteiger partial charge in [0.1, 0.15) is 5.75 Å². The molecule has 3 rings (SSSR count). The number of halogens is 2. The zero-order valence-electron chi connectivity index (χ0n) is 13.6. The second-order valence-electron chi connectivity index (χ2n) is 6.15. The lowest BCUT2D eigenvalue weighted by molar-refractivity contribution is -0.131. The van der Waals surface area contributed by atoms with Crippen LogP contribution in [-0.4, -0.2) is 25.0 Å². The quantitative estimate of drug-likeness (QED) is 0.706. The summed E-state index contributed by atoms with van der Waals surface area (Å²) in [7, 11) is 3.46. The van der Waals surface area contributed by atoms with Crippen molar-refractivity contribution in [2.24, 2.45) is 5.92 Å². The highest BCUT2D eigenvalue weighted by Gasteiger charge is 2.45. The Balaban J connectivity index is 1.66. The predicted molar refractivity (Wildman–Crippen MR) is 99.5 cm³/mol. The van der Waals surface area contributed by atoms with Gasteiger partial charge in [0.05, 0.1) is 7.11 Å². The Morgan fingerprint density at radius 1 is 1.29 bits per heavy atom. The molecule has 0 heterocycles. The van der Waals surface area contributed by atoms with Gasteiger partial charge in [-0.15, -0.1) is 0 Å². The highest BCUT2D eigenvalue weighted by Crippen LogP contribution is 2.48. The molecule has 1 fully saturated rings. The minimum Gasteiger partial charge on any atom is -0.496 e. The molecule has 24 heavy (non-hydrogen) atoms. The molecule has 0 radical (unpaired) electrons. The lowest BCUT2D eigenvalue weighted by atomic mass is 10.1. The molecule has 2 unspecified atom stereocenters. The molecule has 5 heteroatoms. The second kappa shape index (κ2) is 7.16. The minimum atomic E-state index is 0.0707. The summed E-state index contributed by atoms with van der Waals surface area (Å²) in [5.41, 5.74) is 2.15. The maximum Gasteiger partial charge on any atom is 0.226 e. The first-order chi connectivity index (χ1) is 11.5. The van der Waals surface area contributed by atoms with Gasteiger partial charge in [-0.25, -0.2) is 0 Å². The molecule has 1 saturated carbocycles. The van der Waals surface area contributed by atoms with E-state index in [1.165, 1.54) is 5.56 Å². The van der Waals surface area contributed by atoms with Crippen LogP contribution in [0, 0.1) is 5.92 Å². The fraction of sp³-hybridized carbons (Fsp3) is 0.316. The summed E-state index contributed by atoms with van der Waals surface area (Å²) >= 11 is 9.51. The zero-order chi connectivity index (χ0) is 17.3. The van der Waals surface area contributed by atoms with E-state index in [0.29, 0.717) is 17.5 Å². The predicted octanol–water partition coefficient (Wildman–Crippen LogP) is 4.87. The molecule has 1 aliphatic carbocycles. The van der Waals surface area contributed by atoms with Crippen LogP contribution in [0.2, 0.25) is 5.02 Å². The molecule has 0 N–H and O–H groups in total. The topological polar surface area (TPSA) is 29.5 Å². The summed E-state index contributed by atoms with van der Waals surface area (Å²) < 4.78 is 6.41. The first-order valence-electron chi connectivity index (χ1n) is 7.82. The van der Waals surface area contributed by atoms with Crippen molar-refractivity contribution in [1.29, 1.82) is 0 Å². The molecule has 0 saturated heterocycles. The second-order valence-corrected chi connectivity index (χ2v) is 7.50. The van der Waals surface area contributed by atoms with Crippen molar-refractivity contribution in [1.82, 2.24) is 4.90 Å². The van der Waals surface area contributed by atoms with Crippen LogP contribution in [0.3, 0.4) is 0 Å². The third-order valence-electron chi connectivity index (χ3n) is 4.43. The smallest absolute Gasteiger partial charge is 0.226 e. The SMILES string of the molecule is COc1ccc(Cl)cc1CN(C)C(=O)C1CC1c1ccc(Br)cc1. The van der Waals surface area contributed by atoms with Gasteiger partial charge in [-0.1, -0.05) is 39.7 Å². The Morgan fingerprint density at radius 3 is 2.67 bits per heavy atom. The summed E-state index contributed by atoms with van der Waals surface area (Å²) in [6.45, 7) is 0.492. The van der Waals surface area contributed by atoms with Gasteiger partial charge in [0, 0.05) is 34.6 Å². The summed E-state index contributed by atoms with van der Waals surface area (Å²) in [5.74, 6) is 1.32. The van der Waals surface area contributed by atoms with Crippen LogP contribution in [0.1, 0.15) is 23.5 Å². The fourth-order valence-electron chi connectivity index (χ4n) is 3.03. The first kappa shape index (κ1) is 17.3. The Bertz CT molecular complexity index is 748. The lowest BCUT2D eigenvalue weighted by Gasteiger charge is -2.19. The summed E-state index contributed by atoms with van der Waals surface area (Å²) in [6, 6.07) is 13.7. The van der Waals surface area contributed by atoms with Gasteiger partial charge in [-0.3, -0.25) is 4.79 Å². The highest BCUT2D eigenvalue weighted by molar-refractivity contribution is 9.10. The molecular weight excluding hydrogens is 390 g/mol. The van der Waals surface area contributed by atoms with Crippen molar-refractivity contribution in [2.45, 2.75) is 18.9 Å². The van der Waals surface area contributed by atoms with Crippen molar-refractivity contribution in [3.63, 3.8) is 0 Å². The molecule has 1 aliphatic rings. The Kier molecular flexibility index (Phi) is 5.16. The van der Waals surface area contributed by atoms with Crippen molar-refractivity contribution < 1.29 is 9.53 Å². The van der Waals surface area contributed by atoms with Gasteiger partial charge >= 0.3 is 0 Å². The molecule has 2 aromatic rings. The average Bonchev–Trinajstić information content (AvgIpc) is 3.35. The van der Waals surface area contributed by atoms with Gasteiger partial charge in [-0.2, -0.15) is 0 Å². The van der Waals surface area contributed by atoms with Gasteiger partial charge in [0.2, 0.25) is 5.91 Å². The monoisotopic (exact) mass is 407 g/mol. The molecule has 2 aromatic carbocycles. The van der Waals surface area contributed by atoms with Crippen molar-refractivity contribution in [3.8, 4) is 5.75 Å². The number of methoxy groups -OCH3 is 1. The largest absolute Gasteiger partial charge is 0.496 e. The van der Waals surface area contributed by atoms with Gasteiger partial charge in [0.25, 0.3) is 0 Å². The maximum atomic E-state index is 12.7. The molecule has 0 spiro atoms. The molecule has 0 aliphatic heterocycles. The third kappa shape index (κ3) is 3.76. The van der Waals surface area contributed by atoms with Crippen LogP contribution >= 0.6 is 27.5 Å². The number of nitrogens with zero attached hydrogens (tertiary/aromatic N) is 1. The van der Waals surface area contributed by atoms with Gasteiger partial charge in [0.15, 0.2) is 0 Å². The van der Waals surface area contributed by atoms with Crippen LogP contribution in [0.15, 0.2) is 46.9 Å². The normalized spacial score (nSPS) is 19.0. The number of hydrogen-bond donors (Lipinski definition) is 0. The Hall–Kier alpha value is -1.52. The standard InChI is InChI=1S/C19H19BrClNO2/c1-22(11-13-9-15(21)7-8-18(13)24-2)19(23)17-10-16(17)12-3-5-14(20)6-4-12/h3-9,16-17H,10-11H2,1-2H3. The van der Waals surface area contributed by atoms with Crippen LogP contribution < -0.4 is 4.74 Å². The maximum absolute atomic E-state index is 12.7. The summed E-state index contributed by atoms with van der Waals surface area (Å²) in [4.78, 5) is 14.4. The van der Waals surface area contributed by atoms with E-state index in [4.69, 9.17) is 16.3 Å². The number of benzene rings is 2. The number of amides is 1. The summed E-state index contributed by atoms with van der Waals surface area (Å²) in [5, 5.41) is 0.644. The van der Waals surface area contributed by atoms with Crippen LogP contribution in [0.4, 0.5) is 0 Å². The minimum absolute atomic E-state index is 0.0707. The van der Waals surface area contributed by atoms with Crippen LogP contribution in [0.25, 0.3) is 0 Å². The molecule has 3 nitrogen and oxygen atoms in total. The summed E-state index contributed by atoms with van der Waals surface area (Å²) in [6.07, 6.45) is 0.914. The van der Waals surface area contributed by atoms with Crippen LogP contribution in [-0.2, 0) is 11.3 Å². The van der Waals surface area contributed by atoms with E-state index < -0.39 is 0 Å². The number of carbonyl (C=O) groups excluding carboxylic acids is 1. The van der Waals surface area contributed by atoms with Crippen molar-refractivity contribution in [3.05, 3.63) is 63.1 Å². The molecule has 126 valence electrons. The lowest BCUT2D eigenvalue weighted by Crippen LogP contribution is -2.28. The Morgan fingerprint density at radius 2 is 2.00 bits per heavy atom.